The number of hydrogen-bond donors (Lipinski definition) is 0. The quantitative estimate of drug-likeness (QED) is 0.358. The molecule has 33 heavy (non-hydrogen) atoms. The molecule has 6 nitrogen and oxygen atoms in total. The van der Waals surface area contributed by atoms with Gasteiger partial charge in [0.25, 0.3) is 5.91 Å². The van der Waals surface area contributed by atoms with Crippen molar-refractivity contribution in [2.24, 2.45) is 0 Å². The number of aromatic nitrogens is 3. The molecule has 0 unspecified atom stereocenters. The van der Waals surface area contributed by atoms with Crippen LogP contribution in [0.4, 0.5) is 0 Å². The summed E-state index contributed by atoms with van der Waals surface area (Å²) >= 11 is 3.31. The molecule has 2 aromatic carbocycles. The highest BCUT2D eigenvalue weighted by Crippen LogP contribution is 2.30. The van der Waals surface area contributed by atoms with Gasteiger partial charge in [-0.25, -0.2) is 0 Å². The lowest BCUT2D eigenvalue weighted by atomic mass is 10.1. The number of hydrogen-bond acceptors (Lipinski definition) is 6. The van der Waals surface area contributed by atoms with E-state index in [0.29, 0.717) is 38.6 Å². The first-order chi connectivity index (χ1) is 16.3. The standard InChI is InChI=1S/C25H24N4O2S2/c30-24(28-11-13-31-14-12-28)21-9-4-8-20(16-21)18-33-25-27-26-23(22-10-5-15-32-22)29(25)17-19-6-2-1-3-7-19/h1-10,15-16H,11-14,17-18H2. The van der Waals surface area contributed by atoms with E-state index in [2.05, 4.69) is 44.4 Å². The molecular formula is C25H24N4O2S2. The first-order valence-corrected chi connectivity index (χ1v) is 12.7. The first kappa shape index (κ1) is 21.9. The van der Waals surface area contributed by atoms with E-state index in [1.54, 1.807) is 23.1 Å². The van der Waals surface area contributed by atoms with Gasteiger partial charge in [-0.3, -0.25) is 9.36 Å². The monoisotopic (exact) mass is 476 g/mol. The second-order valence-electron chi connectivity index (χ2n) is 7.75. The Labute approximate surface area is 201 Å². The maximum absolute atomic E-state index is 12.9. The van der Waals surface area contributed by atoms with Crippen molar-refractivity contribution in [3.05, 3.63) is 88.8 Å². The third-order valence-corrected chi connectivity index (χ3v) is 7.39. The van der Waals surface area contributed by atoms with Crippen LogP contribution in [0.2, 0.25) is 0 Å². The fraction of sp³-hybridized carbons (Fsp3) is 0.240. The average Bonchev–Trinajstić information content (AvgIpc) is 3.54. The Morgan fingerprint density at radius 1 is 0.970 bits per heavy atom. The summed E-state index contributed by atoms with van der Waals surface area (Å²) in [5.74, 6) is 1.66. The lowest BCUT2D eigenvalue weighted by Crippen LogP contribution is -2.40. The molecule has 1 aliphatic rings. The van der Waals surface area contributed by atoms with Crippen LogP contribution in [-0.4, -0.2) is 51.9 Å². The van der Waals surface area contributed by atoms with E-state index in [9.17, 15) is 4.79 Å². The van der Waals surface area contributed by atoms with Crippen molar-refractivity contribution in [3.63, 3.8) is 0 Å². The van der Waals surface area contributed by atoms with Gasteiger partial charge in [0.2, 0.25) is 0 Å². The number of nitrogens with zero attached hydrogens (tertiary/aromatic N) is 4. The van der Waals surface area contributed by atoms with Crippen LogP contribution in [0.3, 0.4) is 0 Å². The lowest BCUT2D eigenvalue weighted by Gasteiger charge is -2.27. The van der Waals surface area contributed by atoms with Gasteiger partial charge >= 0.3 is 0 Å². The van der Waals surface area contributed by atoms with Crippen LogP contribution >= 0.6 is 23.1 Å². The molecule has 8 heteroatoms. The van der Waals surface area contributed by atoms with Gasteiger partial charge in [0, 0.05) is 24.4 Å². The summed E-state index contributed by atoms with van der Waals surface area (Å²) < 4.78 is 7.54. The number of morpholine rings is 1. The molecule has 1 saturated heterocycles. The molecule has 4 aromatic rings. The maximum atomic E-state index is 12.9. The predicted molar refractivity (Wildman–Crippen MR) is 132 cm³/mol. The van der Waals surface area contributed by atoms with Gasteiger partial charge in [0.1, 0.15) is 0 Å². The number of amides is 1. The summed E-state index contributed by atoms with van der Waals surface area (Å²) in [5, 5.41) is 11.9. The topological polar surface area (TPSA) is 60.2 Å². The van der Waals surface area contributed by atoms with Crippen LogP contribution < -0.4 is 0 Å². The summed E-state index contributed by atoms with van der Waals surface area (Å²) in [6.45, 7) is 3.20. The minimum atomic E-state index is 0.0670. The van der Waals surface area contributed by atoms with Crippen LogP contribution in [0.5, 0.6) is 0 Å². The van der Waals surface area contributed by atoms with Crippen LogP contribution in [0.25, 0.3) is 10.7 Å². The van der Waals surface area contributed by atoms with E-state index < -0.39 is 0 Å². The van der Waals surface area contributed by atoms with Crippen molar-refractivity contribution in [1.29, 1.82) is 0 Å². The average molecular weight is 477 g/mol. The van der Waals surface area contributed by atoms with E-state index in [4.69, 9.17) is 4.74 Å². The van der Waals surface area contributed by atoms with Gasteiger partial charge in [-0.05, 0) is 34.7 Å². The Morgan fingerprint density at radius 3 is 2.58 bits per heavy atom. The van der Waals surface area contributed by atoms with Crippen LogP contribution in [-0.2, 0) is 17.0 Å². The second-order valence-corrected chi connectivity index (χ2v) is 9.64. The Hall–Kier alpha value is -2.94. The van der Waals surface area contributed by atoms with Gasteiger partial charge in [-0.2, -0.15) is 0 Å². The molecule has 0 bridgehead atoms. The molecule has 3 heterocycles. The van der Waals surface area contributed by atoms with Crippen molar-refractivity contribution in [2.75, 3.05) is 26.3 Å². The largest absolute Gasteiger partial charge is 0.378 e. The van der Waals surface area contributed by atoms with Crippen molar-refractivity contribution < 1.29 is 9.53 Å². The number of ether oxygens (including phenoxy) is 1. The summed E-state index contributed by atoms with van der Waals surface area (Å²) in [6, 6.07) is 22.4. The molecule has 0 spiro atoms. The SMILES string of the molecule is O=C(c1cccc(CSc2nnc(-c3cccs3)n2Cc2ccccc2)c1)N1CCOCC1. The third-order valence-electron chi connectivity index (χ3n) is 5.48. The lowest BCUT2D eigenvalue weighted by molar-refractivity contribution is 0.0303. The highest BCUT2D eigenvalue weighted by atomic mass is 32.2. The molecule has 168 valence electrons. The maximum Gasteiger partial charge on any atom is 0.254 e. The third kappa shape index (κ3) is 5.19. The van der Waals surface area contributed by atoms with Crippen LogP contribution in [0.1, 0.15) is 21.5 Å². The number of benzene rings is 2. The number of carbonyl (C=O) groups is 1. The molecule has 0 saturated carbocycles. The zero-order valence-corrected chi connectivity index (χ0v) is 19.7. The van der Waals surface area contributed by atoms with Gasteiger partial charge in [0.05, 0.1) is 24.6 Å². The number of rotatable bonds is 7. The predicted octanol–water partition coefficient (Wildman–Crippen LogP) is 4.82. The zero-order valence-electron chi connectivity index (χ0n) is 18.1. The molecular weight excluding hydrogens is 452 g/mol. The van der Waals surface area contributed by atoms with Crippen LogP contribution in [0.15, 0.2) is 77.3 Å². The van der Waals surface area contributed by atoms with Crippen molar-refractivity contribution >= 4 is 29.0 Å². The summed E-state index contributed by atoms with van der Waals surface area (Å²) in [7, 11) is 0. The Kier molecular flexibility index (Phi) is 6.85. The molecule has 0 atom stereocenters. The number of thioether (sulfide) groups is 1. The zero-order chi connectivity index (χ0) is 22.5. The normalized spacial score (nSPS) is 13.9. The minimum Gasteiger partial charge on any atom is -0.378 e. The summed E-state index contributed by atoms with van der Waals surface area (Å²) in [5.41, 5.74) is 3.01. The molecule has 2 aromatic heterocycles. The fourth-order valence-corrected chi connectivity index (χ4v) is 5.38. The van der Waals surface area contributed by atoms with E-state index in [0.717, 1.165) is 27.0 Å². The highest BCUT2D eigenvalue weighted by molar-refractivity contribution is 7.98. The molecule has 5 rings (SSSR count). The Morgan fingerprint density at radius 2 is 1.79 bits per heavy atom. The van der Waals surface area contributed by atoms with Gasteiger partial charge in [-0.15, -0.1) is 21.5 Å². The van der Waals surface area contributed by atoms with Crippen molar-refractivity contribution in [1.82, 2.24) is 19.7 Å². The molecule has 0 N–H and O–H groups in total. The first-order valence-electron chi connectivity index (χ1n) is 10.9. The van der Waals surface area contributed by atoms with Gasteiger partial charge in [0.15, 0.2) is 11.0 Å². The molecule has 1 amide bonds. The Bertz CT molecular complexity index is 1200. The van der Waals surface area contributed by atoms with Crippen molar-refractivity contribution in [3.8, 4) is 10.7 Å². The second kappa shape index (κ2) is 10.3. The highest BCUT2D eigenvalue weighted by Gasteiger charge is 2.19. The number of carbonyl (C=O) groups excluding carboxylic acids is 1. The van der Waals surface area contributed by atoms with Crippen LogP contribution in [0, 0.1) is 0 Å². The summed E-state index contributed by atoms with van der Waals surface area (Å²) in [4.78, 5) is 15.8. The van der Waals surface area contributed by atoms with E-state index in [1.807, 2.05) is 47.4 Å². The van der Waals surface area contributed by atoms with E-state index >= 15 is 0 Å². The fourth-order valence-electron chi connectivity index (χ4n) is 3.78. The summed E-state index contributed by atoms with van der Waals surface area (Å²) in [6.07, 6.45) is 0. The minimum absolute atomic E-state index is 0.0670. The molecule has 0 radical (unpaired) electrons. The smallest absolute Gasteiger partial charge is 0.254 e. The molecule has 0 aliphatic carbocycles. The molecule has 1 aliphatic heterocycles. The van der Waals surface area contributed by atoms with E-state index in [-0.39, 0.29) is 5.91 Å². The molecule has 1 fully saturated rings. The van der Waals surface area contributed by atoms with Gasteiger partial charge in [-0.1, -0.05) is 60.3 Å². The number of thiophene rings is 1. The van der Waals surface area contributed by atoms with E-state index in [1.165, 1.54) is 5.56 Å². The van der Waals surface area contributed by atoms with Gasteiger partial charge < -0.3 is 9.64 Å². The van der Waals surface area contributed by atoms with Crippen molar-refractivity contribution in [2.45, 2.75) is 17.5 Å². The Balaban J connectivity index is 1.35.